The van der Waals surface area contributed by atoms with E-state index in [1.165, 1.54) is 11.1 Å². The van der Waals surface area contributed by atoms with Crippen LogP contribution >= 0.6 is 0 Å². The third-order valence-corrected chi connectivity index (χ3v) is 6.00. The van der Waals surface area contributed by atoms with E-state index in [9.17, 15) is 10.2 Å². The van der Waals surface area contributed by atoms with Gasteiger partial charge in [0.25, 0.3) is 0 Å². The maximum Gasteiger partial charge on any atom is 0.120 e. The first kappa shape index (κ1) is 23.6. The molecule has 4 nitrogen and oxygen atoms in total. The van der Waals surface area contributed by atoms with Crippen LogP contribution in [-0.2, 0) is 26.2 Å². The molecular weight excluding hydrogens is 420 g/mol. The topological polar surface area (TPSA) is 46.9 Å². The highest BCUT2D eigenvalue weighted by Crippen LogP contribution is 2.21. The lowest BCUT2D eigenvalue weighted by molar-refractivity contribution is 0.180. The Bertz CT molecular complexity index is 1060. The average molecular weight is 453 g/mol. The fourth-order valence-electron chi connectivity index (χ4n) is 4.16. The summed E-state index contributed by atoms with van der Waals surface area (Å²) in [6, 6.07) is 36.0. The van der Waals surface area contributed by atoms with Crippen molar-refractivity contribution in [3.63, 3.8) is 0 Å². The zero-order valence-corrected chi connectivity index (χ0v) is 19.4. The molecule has 0 aliphatic carbocycles. The van der Waals surface area contributed by atoms with Crippen LogP contribution in [0, 0.1) is 0 Å². The number of hydrogen-bond donors (Lipinski definition) is 2. The van der Waals surface area contributed by atoms with E-state index in [1.54, 1.807) is 12.1 Å². The Morgan fingerprint density at radius 1 is 0.412 bits per heavy atom. The Morgan fingerprint density at radius 3 is 1.15 bits per heavy atom. The zero-order chi connectivity index (χ0) is 23.6. The van der Waals surface area contributed by atoms with E-state index in [0.717, 1.165) is 37.3 Å². The number of phenols is 2. The van der Waals surface area contributed by atoms with Crippen molar-refractivity contribution in [3.8, 4) is 11.5 Å². The van der Waals surface area contributed by atoms with Gasteiger partial charge in [0.2, 0.25) is 0 Å². The molecule has 0 aromatic heterocycles. The van der Waals surface area contributed by atoms with Gasteiger partial charge in [-0.2, -0.15) is 0 Å². The van der Waals surface area contributed by atoms with Crippen molar-refractivity contribution < 1.29 is 10.2 Å². The Labute approximate surface area is 202 Å². The molecule has 4 rings (SSSR count). The summed E-state index contributed by atoms with van der Waals surface area (Å²) >= 11 is 0. The van der Waals surface area contributed by atoms with Crippen LogP contribution in [0.1, 0.15) is 22.3 Å². The van der Waals surface area contributed by atoms with E-state index in [2.05, 4.69) is 58.3 Å². The van der Waals surface area contributed by atoms with Gasteiger partial charge in [0, 0.05) is 50.4 Å². The predicted octanol–water partition coefficient (Wildman–Crippen LogP) is 5.80. The third-order valence-electron chi connectivity index (χ3n) is 6.00. The summed E-state index contributed by atoms with van der Waals surface area (Å²) in [7, 11) is 0. The van der Waals surface area contributed by atoms with Crippen LogP contribution in [0.5, 0.6) is 11.5 Å². The smallest absolute Gasteiger partial charge is 0.120 e. The number of nitrogens with zero attached hydrogens (tertiary/aromatic N) is 2. The highest BCUT2D eigenvalue weighted by molar-refractivity contribution is 5.32. The van der Waals surface area contributed by atoms with Crippen molar-refractivity contribution >= 4 is 0 Å². The molecule has 0 fully saturated rings. The second-order valence-electron chi connectivity index (χ2n) is 8.65. The van der Waals surface area contributed by atoms with Gasteiger partial charge in [0.15, 0.2) is 0 Å². The molecule has 0 saturated heterocycles. The Hall–Kier alpha value is -3.60. The second-order valence-corrected chi connectivity index (χ2v) is 8.65. The van der Waals surface area contributed by atoms with Gasteiger partial charge in [-0.05, 0) is 23.3 Å². The first-order valence-electron chi connectivity index (χ1n) is 11.7. The van der Waals surface area contributed by atoms with E-state index in [-0.39, 0.29) is 0 Å². The molecule has 0 heterocycles. The standard InChI is InChI=1S/C30H32N2O2/c33-29-17-9-7-15-27(29)23-31(21-25-11-3-1-4-12-25)19-20-32(22-26-13-5-2-6-14-26)24-28-16-8-10-18-30(28)34/h1-18,33-34H,19-24H2. The Balaban J connectivity index is 1.51. The molecule has 174 valence electrons. The molecule has 0 bridgehead atoms. The summed E-state index contributed by atoms with van der Waals surface area (Å²) in [5.74, 6) is 0.659. The number of aromatic hydroxyl groups is 2. The van der Waals surface area contributed by atoms with Gasteiger partial charge in [-0.3, -0.25) is 9.80 Å². The summed E-state index contributed by atoms with van der Waals surface area (Å²) in [5, 5.41) is 20.7. The average Bonchev–Trinajstić information content (AvgIpc) is 2.86. The summed E-state index contributed by atoms with van der Waals surface area (Å²) < 4.78 is 0. The van der Waals surface area contributed by atoms with Crippen LogP contribution in [-0.4, -0.2) is 33.1 Å². The molecule has 2 N–H and O–H groups in total. The number of hydrogen-bond acceptors (Lipinski definition) is 4. The monoisotopic (exact) mass is 452 g/mol. The summed E-state index contributed by atoms with van der Waals surface area (Å²) in [4.78, 5) is 4.74. The molecule has 4 heteroatoms. The van der Waals surface area contributed by atoms with Gasteiger partial charge in [-0.15, -0.1) is 0 Å². The minimum Gasteiger partial charge on any atom is -0.508 e. The number of phenolic OH excluding ortho intramolecular Hbond substituents is 2. The lowest BCUT2D eigenvalue weighted by Gasteiger charge is -2.28. The Morgan fingerprint density at radius 2 is 0.765 bits per heavy atom. The van der Waals surface area contributed by atoms with E-state index in [4.69, 9.17) is 0 Å². The molecule has 0 atom stereocenters. The lowest BCUT2D eigenvalue weighted by atomic mass is 10.1. The van der Waals surface area contributed by atoms with Crippen LogP contribution in [0.25, 0.3) is 0 Å². The molecule has 0 amide bonds. The highest BCUT2D eigenvalue weighted by atomic mass is 16.3. The van der Waals surface area contributed by atoms with Gasteiger partial charge in [-0.25, -0.2) is 0 Å². The van der Waals surface area contributed by atoms with E-state index >= 15 is 0 Å². The zero-order valence-electron chi connectivity index (χ0n) is 19.4. The fraction of sp³-hybridized carbons (Fsp3) is 0.200. The second kappa shape index (κ2) is 12.0. The van der Waals surface area contributed by atoms with Gasteiger partial charge in [0.1, 0.15) is 11.5 Å². The van der Waals surface area contributed by atoms with Crippen molar-refractivity contribution in [2.24, 2.45) is 0 Å². The fourth-order valence-corrected chi connectivity index (χ4v) is 4.16. The molecule has 4 aromatic carbocycles. The molecule has 0 aliphatic heterocycles. The van der Waals surface area contributed by atoms with Gasteiger partial charge in [-0.1, -0.05) is 97.1 Å². The maximum atomic E-state index is 10.4. The molecular formula is C30H32N2O2. The lowest BCUT2D eigenvalue weighted by Crippen LogP contribution is -2.34. The quantitative estimate of drug-likeness (QED) is 0.302. The molecule has 0 radical (unpaired) electrons. The molecule has 0 aliphatic rings. The van der Waals surface area contributed by atoms with Crippen molar-refractivity contribution in [2.75, 3.05) is 13.1 Å². The van der Waals surface area contributed by atoms with Crippen LogP contribution in [0.2, 0.25) is 0 Å². The van der Waals surface area contributed by atoms with E-state index in [0.29, 0.717) is 24.6 Å². The van der Waals surface area contributed by atoms with E-state index in [1.807, 2.05) is 48.5 Å². The molecule has 0 saturated carbocycles. The van der Waals surface area contributed by atoms with Crippen molar-refractivity contribution in [1.82, 2.24) is 9.80 Å². The highest BCUT2D eigenvalue weighted by Gasteiger charge is 2.14. The van der Waals surface area contributed by atoms with Gasteiger partial charge >= 0.3 is 0 Å². The maximum absolute atomic E-state index is 10.4. The van der Waals surface area contributed by atoms with Gasteiger partial charge < -0.3 is 10.2 Å². The first-order valence-corrected chi connectivity index (χ1v) is 11.7. The molecule has 0 unspecified atom stereocenters. The summed E-state index contributed by atoms with van der Waals surface area (Å²) in [6.45, 7) is 4.57. The largest absolute Gasteiger partial charge is 0.508 e. The number of benzene rings is 4. The van der Waals surface area contributed by atoms with Crippen molar-refractivity contribution in [1.29, 1.82) is 0 Å². The van der Waals surface area contributed by atoms with Gasteiger partial charge in [0.05, 0.1) is 0 Å². The van der Waals surface area contributed by atoms with E-state index < -0.39 is 0 Å². The molecule has 4 aromatic rings. The van der Waals surface area contributed by atoms with Crippen LogP contribution in [0.15, 0.2) is 109 Å². The summed E-state index contributed by atoms with van der Waals surface area (Å²) in [6.07, 6.45) is 0. The predicted molar refractivity (Wildman–Crippen MR) is 137 cm³/mol. The Kier molecular flexibility index (Phi) is 8.33. The van der Waals surface area contributed by atoms with Crippen LogP contribution < -0.4 is 0 Å². The number of rotatable bonds is 11. The van der Waals surface area contributed by atoms with Crippen LogP contribution in [0.4, 0.5) is 0 Å². The molecule has 0 spiro atoms. The SMILES string of the molecule is Oc1ccccc1CN(CCN(Cc1ccccc1)Cc1ccccc1O)Cc1ccccc1. The van der Waals surface area contributed by atoms with Crippen LogP contribution in [0.3, 0.4) is 0 Å². The first-order chi connectivity index (χ1) is 16.7. The normalized spacial score (nSPS) is 11.2. The number of para-hydroxylation sites is 2. The minimum absolute atomic E-state index is 0.330. The third kappa shape index (κ3) is 6.95. The molecule has 34 heavy (non-hydrogen) atoms. The minimum atomic E-state index is 0.330. The van der Waals surface area contributed by atoms with Crippen molar-refractivity contribution in [2.45, 2.75) is 26.2 Å². The van der Waals surface area contributed by atoms with Crippen molar-refractivity contribution in [3.05, 3.63) is 131 Å². The summed E-state index contributed by atoms with van der Waals surface area (Å²) in [5.41, 5.74) is 4.34.